The van der Waals surface area contributed by atoms with Gasteiger partial charge in [0.15, 0.2) is 11.5 Å². The molecule has 4 aromatic rings. The first-order valence-corrected chi connectivity index (χ1v) is 10.2. The van der Waals surface area contributed by atoms with Crippen LogP contribution in [0.3, 0.4) is 0 Å². The molecule has 0 bridgehead atoms. The molecule has 0 atom stereocenters. The quantitative estimate of drug-likeness (QED) is 0.374. The molecule has 0 spiro atoms. The second-order valence-electron chi connectivity index (χ2n) is 7.01. The number of nitrogens with zero attached hydrogens (tertiary/aromatic N) is 3. The van der Waals surface area contributed by atoms with Crippen LogP contribution in [0.5, 0.6) is 17.2 Å². The zero-order chi connectivity index (χ0) is 23.2. The molecule has 2 aromatic carbocycles. The zero-order valence-electron chi connectivity index (χ0n) is 18.5. The molecule has 168 valence electrons. The summed E-state index contributed by atoms with van der Waals surface area (Å²) in [5.41, 5.74) is 3.28. The number of esters is 1. The molecular formula is C25H23N3O5. The second-order valence-corrected chi connectivity index (χ2v) is 7.01. The number of carbonyl (C=O) groups is 1. The Balaban J connectivity index is 1.58. The molecule has 33 heavy (non-hydrogen) atoms. The maximum Gasteiger partial charge on any atom is 0.337 e. The lowest BCUT2D eigenvalue weighted by molar-refractivity contribution is 0.0600. The van der Waals surface area contributed by atoms with E-state index in [1.165, 1.54) is 7.11 Å². The van der Waals surface area contributed by atoms with Crippen molar-refractivity contribution in [3.63, 3.8) is 0 Å². The Labute approximate surface area is 191 Å². The van der Waals surface area contributed by atoms with E-state index < -0.39 is 5.97 Å². The summed E-state index contributed by atoms with van der Waals surface area (Å²) in [6.45, 7) is 0.373. The molecule has 0 unspecified atom stereocenters. The lowest BCUT2D eigenvalue weighted by Crippen LogP contribution is -2.03. The van der Waals surface area contributed by atoms with E-state index in [1.807, 2.05) is 48.5 Å². The fraction of sp³-hybridized carbons (Fsp3) is 0.160. The molecule has 0 aliphatic carbocycles. The summed E-state index contributed by atoms with van der Waals surface area (Å²) in [5, 5.41) is 4.62. The summed E-state index contributed by atoms with van der Waals surface area (Å²) in [6.07, 6.45) is 3.35. The van der Waals surface area contributed by atoms with Gasteiger partial charge in [-0.05, 0) is 48.0 Å². The number of ether oxygens (including phenoxy) is 4. The van der Waals surface area contributed by atoms with Crippen LogP contribution in [0.2, 0.25) is 0 Å². The highest BCUT2D eigenvalue weighted by molar-refractivity contribution is 5.90. The fourth-order valence-corrected chi connectivity index (χ4v) is 3.30. The highest BCUT2D eigenvalue weighted by Crippen LogP contribution is 2.34. The first-order chi connectivity index (χ1) is 16.1. The first kappa shape index (κ1) is 21.9. The number of hydrogen-bond donors (Lipinski definition) is 0. The number of carbonyl (C=O) groups excluding carboxylic acids is 1. The van der Waals surface area contributed by atoms with E-state index >= 15 is 0 Å². The minimum atomic E-state index is -0.429. The third-order valence-corrected chi connectivity index (χ3v) is 5.00. The number of benzene rings is 2. The summed E-state index contributed by atoms with van der Waals surface area (Å²) in [5.74, 6) is 1.51. The SMILES string of the molecule is COC(=O)c1ccnc(-c2ccn(-c3cccc(OCc4ccc(OC)cc4)c3OC)n2)c1. The van der Waals surface area contributed by atoms with Gasteiger partial charge in [0.1, 0.15) is 23.7 Å². The molecule has 0 saturated carbocycles. The Morgan fingerprint density at radius 2 is 1.76 bits per heavy atom. The predicted octanol–water partition coefficient (Wildman–Crippen LogP) is 4.32. The lowest BCUT2D eigenvalue weighted by atomic mass is 10.2. The first-order valence-electron chi connectivity index (χ1n) is 10.2. The van der Waals surface area contributed by atoms with E-state index in [-0.39, 0.29) is 0 Å². The van der Waals surface area contributed by atoms with Crippen molar-refractivity contribution >= 4 is 5.97 Å². The van der Waals surface area contributed by atoms with E-state index in [2.05, 4.69) is 10.1 Å². The van der Waals surface area contributed by atoms with Crippen LogP contribution in [-0.2, 0) is 11.3 Å². The Morgan fingerprint density at radius 1 is 0.939 bits per heavy atom. The summed E-state index contributed by atoms with van der Waals surface area (Å²) in [6, 6.07) is 18.3. The fourth-order valence-electron chi connectivity index (χ4n) is 3.30. The number of aromatic nitrogens is 3. The van der Waals surface area contributed by atoms with E-state index in [0.29, 0.717) is 40.7 Å². The van der Waals surface area contributed by atoms with Crippen LogP contribution < -0.4 is 14.2 Å². The minimum absolute atomic E-state index is 0.373. The molecule has 0 aliphatic heterocycles. The van der Waals surface area contributed by atoms with Gasteiger partial charge in [-0.1, -0.05) is 18.2 Å². The molecule has 0 radical (unpaired) electrons. The Hall–Kier alpha value is -4.33. The van der Waals surface area contributed by atoms with Gasteiger partial charge in [0.2, 0.25) is 0 Å². The molecular weight excluding hydrogens is 422 g/mol. The third kappa shape index (κ3) is 4.79. The van der Waals surface area contributed by atoms with Crippen molar-refractivity contribution in [3.05, 3.63) is 84.2 Å². The van der Waals surface area contributed by atoms with Crippen LogP contribution in [0.15, 0.2) is 73.1 Å². The van der Waals surface area contributed by atoms with Crippen molar-refractivity contribution in [2.24, 2.45) is 0 Å². The number of methoxy groups -OCH3 is 3. The second kappa shape index (κ2) is 9.86. The standard InChI is InChI=1S/C25H23N3O5/c1-30-19-9-7-17(8-10-19)16-33-23-6-4-5-22(24(23)31-2)28-14-12-20(27-28)21-15-18(11-13-26-21)25(29)32-3/h4-15H,16H2,1-3H3. The molecule has 0 amide bonds. The number of rotatable bonds is 8. The van der Waals surface area contributed by atoms with Crippen molar-refractivity contribution < 1.29 is 23.7 Å². The van der Waals surface area contributed by atoms with Crippen LogP contribution in [-0.4, -0.2) is 42.1 Å². The van der Waals surface area contributed by atoms with Crippen molar-refractivity contribution in [2.75, 3.05) is 21.3 Å². The van der Waals surface area contributed by atoms with Crippen molar-refractivity contribution in [2.45, 2.75) is 6.61 Å². The van der Waals surface area contributed by atoms with Gasteiger partial charge in [0, 0.05) is 12.4 Å². The molecule has 0 fully saturated rings. The Bertz CT molecular complexity index is 1250. The van der Waals surface area contributed by atoms with Crippen LogP contribution >= 0.6 is 0 Å². The van der Waals surface area contributed by atoms with Gasteiger partial charge in [-0.25, -0.2) is 9.48 Å². The summed E-state index contributed by atoms with van der Waals surface area (Å²) in [7, 11) is 4.56. The lowest BCUT2D eigenvalue weighted by Gasteiger charge is -2.14. The van der Waals surface area contributed by atoms with E-state index in [0.717, 1.165) is 11.3 Å². The monoisotopic (exact) mass is 445 g/mol. The molecule has 0 N–H and O–H groups in total. The highest BCUT2D eigenvalue weighted by Gasteiger charge is 2.15. The maximum absolute atomic E-state index is 11.8. The van der Waals surface area contributed by atoms with Crippen LogP contribution in [0.1, 0.15) is 15.9 Å². The van der Waals surface area contributed by atoms with E-state index in [9.17, 15) is 4.79 Å². The minimum Gasteiger partial charge on any atom is -0.497 e. The van der Waals surface area contributed by atoms with Gasteiger partial charge in [0.25, 0.3) is 0 Å². The van der Waals surface area contributed by atoms with Crippen LogP contribution in [0.4, 0.5) is 0 Å². The summed E-state index contributed by atoms with van der Waals surface area (Å²) in [4.78, 5) is 16.1. The van der Waals surface area contributed by atoms with Crippen molar-refractivity contribution in [1.82, 2.24) is 14.8 Å². The normalized spacial score (nSPS) is 10.5. The molecule has 8 heteroatoms. The van der Waals surface area contributed by atoms with Gasteiger partial charge in [-0.15, -0.1) is 0 Å². The summed E-state index contributed by atoms with van der Waals surface area (Å²) >= 11 is 0. The molecule has 0 aliphatic rings. The topological polar surface area (TPSA) is 84.7 Å². The molecule has 2 aromatic heterocycles. The van der Waals surface area contributed by atoms with Gasteiger partial charge < -0.3 is 18.9 Å². The summed E-state index contributed by atoms with van der Waals surface area (Å²) < 4.78 is 23.3. The highest BCUT2D eigenvalue weighted by atomic mass is 16.5. The van der Waals surface area contributed by atoms with E-state index in [4.69, 9.17) is 18.9 Å². The molecule has 4 rings (SSSR count). The number of para-hydroxylation sites is 1. The van der Waals surface area contributed by atoms with Gasteiger partial charge in [-0.2, -0.15) is 5.10 Å². The molecule has 8 nitrogen and oxygen atoms in total. The van der Waals surface area contributed by atoms with E-state index in [1.54, 1.807) is 43.4 Å². The van der Waals surface area contributed by atoms with Crippen molar-refractivity contribution in [3.8, 4) is 34.3 Å². The van der Waals surface area contributed by atoms with Crippen LogP contribution in [0.25, 0.3) is 17.1 Å². The van der Waals surface area contributed by atoms with Gasteiger partial charge in [-0.3, -0.25) is 4.98 Å². The van der Waals surface area contributed by atoms with Crippen molar-refractivity contribution in [1.29, 1.82) is 0 Å². The zero-order valence-corrected chi connectivity index (χ0v) is 18.5. The Kier molecular flexibility index (Phi) is 6.54. The van der Waals surface area contributed by atoms with Crippen LogP contribution in [0, 0.1) is 0 Å². The smallest absolute Gasteiger partial charge is 0.337 e. The largest absolute Gasteiger partial charge is 0.497 e. The van der Waals surface area contributed by atoms with Gasteiger partial charge >= 0.3 is 5.97 Å². The number of hydrogen-bond acceptors (Lipinski definition) is 7. The average Bonchev–Trinajstić information content (AvgIpc) is 3.37. The van der Waals surface area contributed by atoms with Gasteiger partial charge in [0.05, 0.1) is 32.6 Å². The Morgan fingerprint density at radius 3 is 2.48 bits per heavy atom. The average molecular weight is 445 g/mol. The number of pyridine rings is 1. The maximum atomic E-state index is 11.8. The molecule has 2 heterocycles. The predicted molar refractivity (Wildman–Crippen MR) is 122 cm³/mol. The third-order valence-electron chi connectivity index (χ3n) is 5.00. The molecule has 0 saturated heterocycles.